The Kier molecular flexibility index (Phi) is 2.82. The summed E-state index contributed by atoms with van der Waals surface area (Å²) in [7, 11) is 0. The van der Waals surface area contributed by atoms with Crippen molar-refractivity contribution in [2.75, 3.05) is 5.32 Å². The Hall–Kier alpha value is -2.14. The SMILES string of the molecule is Clc1nc(NCc2ccccc2)nc2[nH]cnc12. The molecule has 5 nitrogen and oxygen atoms in total. The van der Waals surface area contributed by atoms with E-state index in [4.69, 9.17) is 11.6 Å². The zero-order chi connectivity index (χ0) is 12.4. The topological polar surface area (TPSA) is 66.5 Å². The van der Waals surface area contributed by atoms with Crippen LogP contribution in [0.25, 0.3) is 11.2 Å². The van der Waals surface area contributed by atoms with Crippen molar-refractivity contribution in [3.63, 3.8) is 0 Å². The smallest absolute Gasteiger partial charge is 0.226 e. The van der Waals surface area contributed by atoms with E-state index in [1.165, 1.54) is 0 Å². The summed E-state index contributed by atoms with van der Waals surface area (Å²) >= 11 is 6.01. The van der Waals surface area contributed by atoms with E-state index in [0.29, 0.717) is 28.8 Å². The molecule has 0 aliphatic carbocycles. The molecule has 0 amide bonds. The number of anilines is 1. The fourth-order valence-corrected chi connectivity index (χ4v) is 1.87. The average molecular weight is 260 g/mol. The first-order valence-corrected chi connectivity index (χ1v) is 5.85. The van der Waals surface area contributed by atoms with Crippen LogP contribution < -0.4 is 5.32 Å². The van der Waals surface area contributed by atoms with Crippen LogP contribution in [0, 0.1) is 0 Å². The largest absolute Gasteiger partial charge is 0.350 e. The van der Waals surface area contributed by atoms with Gasteiger partial charge in [0.25, 0.3) is 0 Å². The number of aromatic nitrogens is 4. The molecule has 0 aliphatic heterocycles. The maximum atomic E-state index is 6.01. The molecule has 3 rings (SSSR count). The lowest BCUT2D eigenvalue weighted by molar-refractivity contribution is 1.07. The number of nitrogens with one attached hydrogen (secondary N) is 2. The van der Waals surface area contributed by atoms with Crippen molar-refractivity contribution in [1.82, 2.24) is 19.9 Å². The van der Waals surface area contributed by atoms with Gasteiger partial charge in [-0.3, -0.25) is 0 Å². The number of halogens is 1. The summed E-state index contributed by atoms with van der Waals surface area (Å²) in [4.78, 5) is 15.4. The van der Waals surface area contributed by atoms with Crippen LogP contribution in [0.1, 0.15) is 5.56 Å². The fraction of sp³-hybridized carbons (Fsp3) is 0.0833. The molecule has 2 aromatic heterocycles. The van der Waals surface area contributed by atoms with E-state index in [-0.39, 0.29) is 0 Å². The highest BCUT2D eigenvalue weighted by Crippen LogP contribution is 2.18. The number of aromatic amines is 1. The van der Waals surface area contributed by atoms with Crippen molar-refractivity contribution in [1.29, 1.82) is 0 Å². The van der Waals surface area contributed by atoms with E-state index in [2.05, 4.69) is 25.3 Å². The van der Waals surface area contributed by atoms with Crippen molar-refractivity contribution in [2.24, 2.45) is 0 Å². The Bertz CT molecular complexity index is 665. The first-order valence-electron chi connectivity index (χ1n) is 5.47. The molecule has 0 fully saturated rings. The molecule has 2 heterocycles. The standard InChI is InChI=1S/C12H10ClN5/c13-10-9-11(16-7-15-9)18-12(17-10)14-6-8-4-2-1-3-5-8/h1-5,7H,6H2,(H2,14,15,16,17,18). The molecule has 0 spiro atoms. The number of nitrogens with zero attached hydrogens (tertiary/aromatic N) is 3. The lowest BCUT2D eigenvalue weighted by atomic mass is 10.2. The van der Waals surface area contributed by atoms with Gasteiger partial charge < -0.3 is 10.3 Å². The summed E-state index contributed by atoms with van der Waals surface area (Å²) in [5.41, 5.74) is 2.37. The number of H-pyrrole nitrogens is 1. The molecule has 2 N–H and O–H groups in total. The van der Waals surface area contributed by atoms with Crippen LogP contribution in [0.3, 0.4) is 0 Å². The molecule has 90 valence electrons. The number of hydrogen-bond donors (Lipinski definition) is 2. The van der Waals surface area contributed by atoms with Crippen LogP contribution in [0.15, 0.2) is 36.7 Å². The highest BCUT2D eigenvalue weighted by atomic mass is 35.5. The Morgan fingerprint density at radius 3 is 2.83 bits per heavy atom. The van der Waals surface area contributed by atoms with Crippen molar-refractivity contribution in [3.8, 4) is 0 Å². The maximum absolute atomic E-state index is 6.01. The van der Waals surface area contributed by atoms with Gasteiger partial charge in [-0.2, -0.15) is 9.97 Å². The van der Waals surface area contributed by atoms with Gasteiger partial charge in [0.1, 0.15) is 5.52 Å². The number of hydrogen-bond acceptors (Lipinski definition) is 4. The van der Waals surface area contributed by atoms with Gasteiger partial charge in [-0.15, -0.1) is 0 Å². The van der Waals surface area contributed by atoms with Crippen LogP contribution in [0.5, 0.6) is 0 Å². The quantitative estimate of drug-likeness (QED) is 0.710. The predicted molar refractivity (Wildman–Crippen MR) is 70.5 cm³/mol. The Morgan fingerprint density at radius 2 is 2.00 bits per heavy atom. The number of imidazole rings is 1. The Labute approximate surface area is 108 Å². The van der Waals surface area contributed by atoms with Gasteiger partial charge in [0.15, 0.2) is 10.8 Å². The molecule has 18 heavy (non-hydrogen) atoms. The van der Waals surface area contributed by atoms with E-state index in [0.717, 1.165) is 5.56 Å². The van der Waals surface area contributed by atoms with Crippen molar-refractivity contribution in [3.05, 3.63) is 47.4 Å². The summed E-state index contributed by atoms with van der Waals surface area (Å²) < 4.78 is 0. The molecule has 0 saturated heterocycles. The van der Waals surface area contributed by atoms with Crippen LogP contribution in [0.4, 0.5) is 5.95 Å². The van der Waals surface area contributed by atoms with Gasteiger partial charge in [0.2, 0.25) is 5.95 Å². The summed E-state index contributed by atoms with van der Waals surface area (Å²) in [6.07, 6.45) is 1.55. The molecule has 0 radical (unpaired) electrons. The molecule has 6 heteroatoms. The van der Waals surface area contributed by atoms with Crippen LogP contribution in [-0.4, -0.2) is 19.9 Å². The minimum Gasteiger partial charge on any atom is -0.350 e. The summed E-state index contributed by atoms with van der Waals surface area (Å²) in [6.45, 7) is 0.650. The molecular formula is C12H10ClN5. The van der Waals surface area contributed by atoms with Crippen molar-refractivity contribution >= 4 is 28.7 Å². The highest BCUT2D eigenvalue weighted by molar-refractivity contribution is 6.33. The number of benzene rings is 1. The second-order valence-electron chi connectivity index (χ2n) is 3.78. The summed E-state index contributed by atoms with van der Waals surface area (Å²) in [5, 5.41) is 3.47. The minimum absolute atomic E-state index is 0.344. The summed E-state index contributed by atoms with van der Waals surface area (Å²) in [6, 6.07) is 10.0. The Morgan fingerprint density at radius 1 is 1.17 bits per heavy atom. The van der Waals surface area contributed by atoms with Crippen LogP contribution in [0.2, 0.25) is 5.15 Å². The lowest BCUT2D eigenvalue weighted by Gasteiger charge is -2.05. The number of rotatable bonds is 3. The molecule has 0 saturated carbocycles. The first-order chi connectivity index (χ1) is 8.83. The summed E-state index contributed by atoms with van der Waals surface area (Å²) in [5.74, 6) is 0.487. The molecule has 0 unspecified atom stereocenters. The van der Waals surface area contributed by atoms with Gasteiger partial charge in [-0.25, -0.2) is 4.98 Å². The van der Waals surface area contributed by atoms with Gasteiger partial charge in [-0.05, 0) is 5.56 Å². The predicted octanol–water partition coefficient (Wildman–Crippen LogP) is 2.62. The molecule has 1 aromatic carbocycles. The molecule has 3 aromatic rings. The van der Waals surface area contributed by atoms with Crippen LogP contribution in [-0.2, 0) is 6.54 Å². The van der Waals surface area contributed by atoms with Crippen molar-refractivity contribution < 1.29 is 0 Å². The fourth-order valence-electron chi connectivity index (χ4n) is 1.66. The maximum Gasteiger partial charge on any atom is 0.226 e. The van der Waals surface area contributed by atoms with E-state index >= 15 is 0 Å². The second kappa shape index (κ2) is 4.62. The molecule has 0 bridgehead atoms. The third kappa shape index (κ3) is 2.12. The molecule has 0 atom stereocenters. The molecular weight excluding hydrogens is 250 g/mol. The van der Waals surface area contributed by atoms with E-state index in [9.17, 15) is 0 Å². The minimum atomic E-state index is 0.344. The monoisotopic (exact) mass is 259 g/mol. The lowest BCUT2D eigenvalue weighted by Crippen LogP contribution is -2.03. The average Bonchev–Trinajstić information content (AvgIpc) is 2.86. The van der Waals surface area contributed by atoms with E-state index < -0.39 is 0 Å². The van der Waals surface area contributed by atoms with Gasteiger partial charge in [0.05, 0.1) is 6.33 Å². The normalized spacial score (nSPS) is 10.7. The first kappa shape index (κ1) is 11.0. The van der Waals surface area contributed by atoms with Crippen molar-refractivity contribution in [2.45, 2.75) is 6.54 Å². The Balaban J connectivity index is 1.82. The van der Waals surface area contributed by atoms with E-state index in [1.54, 1.807) is 6.33 Å². The number of fused-ring (bicyclic) bond motifs is 1. The van der Waals surface area contributed by atoms with Gasteiger partial charge in [0, 0.05) is 6.54 Å². The zero-order valence-corrected chi connectivity index (χ0v) is 10.1. The molecule has 0 aliphatic rings. The van der Waals surface area contributed by atoms with Crippen LogP contribution >= 0.6 is 11.6 Å². The van der Waals surface area contributed by atoms with Gasteiger partial charge >= 0.3 is 0 Å². The highest BCUT2D eigenvalue weighted by Gasteiger charge is 2.07. The van der Waals surface area contributed by atoms with E-state index in [1.807, 2.05) is 30.3 Å². The third-order valence-corrected chi connectivity index (χ3v) is 2.79. The third-order valence-electron chi connectivity index (χ3n) is 2.53. The zero-order valence-electron chi connectivity index (χ0n) is 9.39. The second-order valence-corrected chi connectivity index (χ2v) is 4.13. The van der Waals surface area contributed by atoms with Gasteiger partial charge in [-0.1, -0.05) is 41.9 Å².